The first-order valence-electron chi connectivity index (χ1n) is 15.9. The number of unbranched alkanes of at least 4 members (excludes halogenated alkanes) is 6. The lowest BCUT2D eigenvalue weighted by molar-refractivity contribution is -0.139. The smallest absolute Gasteiger partial charge is 0.420 e. The van der Waals surface area contributed by atoms with Crippen LogP contribution in [0.25, 0.3) is 0 Å². The number of aryl methyl sites for hydroxylation is 1. The monoisotopic (exact) mass is 670 g/mol. The lowest BCUT2D eigenvalue weighted by Gasteiger charge is -2.15. The van der Waals surface area contributed by atoms with E-state index in [9.17, 15) is 27.6 Å². The quantitative estimate of drug-likeness (QED) is 0.0540. The van der Waals surface area contributed by atoms with Gasteiger partial charge in [0.2, 0.25) is 0 Å². The normalized spacial score (nSPS) is 11.0. The number of methoxy groups -OCH3 is 1. The van der Waals surface area contributed by atoms with E-state index in [2.05, 4.69) is 13.5 Å². The van der Waals surface area contributed by atoms with Crippen molar-refractivity contribution >= 4 is 17.9 Å². The molecule has 0 aliphatic heterocycles. The van der Waals surface area contributed by atoms with Crippen molar-refractivity contribution in [2.24, 2.45) is 0 Å². The zero-order valence-electron chi connectivity index (χ0n) is 27.2. The molecule has 0 aromatic heterocycles. The second kappa shape index (κ2) is 19.1. The van der Waals surface area contributed by atoms with Crippen LogP contribution in [0.4, 0.5) is 13.2 Å². The Bertz CT molecular complexity index is 1520. The Hall–Kier alpha value is -4.80. The SMILES string of the molecule is C=CC(=O)OCCCCOc1ccc(C(=O)Oc2ccc(C(=O)Oc3ccc(CCCCCCCC)cc3)cc2C(F)(F)F)cc1OC. The Morgan fingerprint density at radius 1 is 0.729 bits per heavy atom. The molecule has 0 atom stereocenters. The third kappa shape index (κ3) is 12.1. The van der Waals surface area contributed by atoms with Gasteiger partial charge in [-0.05, 0) is 79.8 Å². The highest BCUT2D eigenvalue weighted by molar-refractivity contribution is 5.93. The van der Waals surface area contributed by atoms with Gasteiger partial charge in [0.25, 0.3) is 0 Å². The Labute approximate surface area is 278 Å². The molecule has 0 aliphatic carbocycles. The molecule has 3 rings (SSSR count). The van der Waals surface area contributed by atoms with Crippen molar-refractivity contribution < 1.29 is 51.2 Å². The van der Waals surface area contributed by atoms with Gasteiger partial charge < -0.3 is 23.7 Å². The molecule has 0 saturated carbocycles. The summed E-state index contributed by atoms with van der Waals surface area (Å²) in [7, 11) is 1.34. The van der Waals surface area contributed by atoms with Gasteiger partial charge in [0.15, 0.2) is 11.5 Å². The van der Waals surface area contributed by atoms with E-state index in [1.165, 1.54) is 51.0 Å². The Morgan fingerprint density at radius 3 is 2.02 bits per heavy atom. The molecule has 48 heavy (non-hydrogen) atoms. The zero-order chi connectivity index (χ0) is 34.9. The van der Waals surface area contributed by atoms with Crippen LogP contribution in [0.2, 0.25) is 0 Å². The first-order chi connectivity index (χ1) is 23.0. The van der Waals surface area contributed by atoms with Crippen molar-refractivity contribution in [3.63, 3.8) is 0 Å². The molecule has 0 saturated heterocycles. The minimum Gasteiger partial charge on any atom is -0.493 e. The van der Waals surface area contributed by atoms with Gasteiger partial charge >= 0.3 is 24.1 Å². The molecule has 0 heterocycles. The number of hydrogen-bond acceptors (Lipinski definition) is 8. The molecule has 3 aromatic carbocycles. The molecule has 0 spiro atoms. The number of carbonyl (C=O) groups is 3. The molecule has 0 unspecified atom stereocenters. The van der Waals surface area contributed by atoms with E-state index in [0.29, 0.717) is 24.7 Å². The molecule has 0 bridgehead atoms. The van der Waals surface area contributed by atoms with Crippen LogP contribution >= 0.6 is 0 Å². The van der Waals surface area contributed by atoms with Gasteiger partial charge in [0, 0.05) is 6.08 Å². The van der Waals surface area contributed by atoms with E-state index in [1.54, 1.807) is 12.1 Å². The van der Waals surface area contributed by atoms with Crippen molar-refractivity contribution in [2.45, 2.75) is 70.9 Å². The van der Waals surface area contributed by atoms with Gasteiger partial charge in [-0.25, -0.2) is 14.4 Å². The van der Waals surface area contributed by atoms with Gasteiger partial charge in [-0.1, -0.05) is 57.7 Å². The summed E-state index contributed by atoms with van der Waals surface area (Å²) < 4.78 is 68.3. The summed E-state index contributed by atoms with van der Waals surface area (Å²) in [6, 6.07) is 13.5. The highest BCUT2D eigenvalue weighted by atomic mass is 19.4. The van der Waals surface area contributed by atoms with Crippen LogP contribution < -0.4 is 18.9 Å². The van der Waals surface area contributed by atoms with Crippen LogP contribution in [0.3, 0.4) is 0 Å². The van der Waals surface area contributed by atoms with Crippen molar-refractivity contribution in [3.05, 3.63) is 95.6 Å². The average Bonchev–Trinajstić information content (AvgIpc) is 3.08. The molecule has 0 N–H and O–H groups in total. The van der Waals surface area contributed by atoms with Crippen molar-refractivity contribution in [1.29, 1.82) is 0 Å². The number of esters is 3. The van der Waals surface area contributed by atoms with E-state index in [0.717, 1.165) is 43.0 Å². The fourth-order valence-electron chi connectivity index (χ4n) is 4.66. The summed E-state index contributed by atoms with van der Waals surface area (Å²) >= 11 is 0. The Morgan fingerprint density at radius 2 is 1.35 bits per heavy atom. The number of hydrogen-bond donors (Lipinski definition) is 0. The number of rotatable bonds is 19. The van der Waals surface area contributed by atoms with Gasteiger partial charge in [0.1, 0.15) is 11.5 Å². The molecule has 0 fully saturated rings. The van der Waals surface area contributed by atoms with Crippen molar-refractivity contribution in [2.75, 3.05) is 20.3 Å². The van der Waals surface area contributed by atoms with Crippen LogP contribution in [0.15, 0.2) is 73.3 Å². The molecule has 8 nitrogen and oxygen atoms in total. The minimum absolute atomic E-state index is 0.0907. The van der Waals surface area contributed by atoms with Crippen molar-refractivity contribution in [3.8, 4) is 23.0 Å². The third-order valence-corrected chi connectivity index (χ3v) is 7.28. The topological polar surface area (TPSA) is 97.4 Å². The predicted octanol–water partition coefficient (Wildman–Crippen LogP) is 8.94. The highest BCUT2D eigenvalue weighted by Gasteiger charge is 2.36. The van der Waals surface area contributed by atoms with Crippen LogP contribution in [-0.4, -0.2) is 38.2 Å². The number of alkyl halides is 3. The van der Waals surface area contributed by atoms with Crippen LogP contribution in [0.1, 0.15) is 90.1 Å². The number of benzene rings is 3. The molecule has 0 aliphatic rings. The van der Waals surface area contributed by atoms with E-state index in [1.807, 2.05) is 12.1 Å². The summed E-state index contributed by atoms with van der Waals surface area (Å²) in [5.41, 5.74) is -0.686. The van der Waals surface area contributed by atoms with Gasteiger partial charge in [-0.15, -0.1) is 0 Å². The van der Waals surface area contributed by atoms with Crippen molar-refractivity contribution in [1.82, 2.24) is 0 Å². The summed E-state index contributed by atoms with van der Waals surface area (Å²) in [6.07, 6.45) is 5.14. The standard InChI is InChI=1S/C37H41F3O8/c1-4-6-7-8-9-10-13-26-14-18-29(19-15-26)47-35(42)27-16-20-31(30(24-27)37(38,39)40)48-36(43)28-17-21-32(33(25-28)44-3)45-22-11-12-23-46-34(41)5-2/h5,14-21,24-25H,2,4,6-13,22-23H2,1,3H3. The molecule has 0 amide bonds. The molecular formula is C37H41F3O8. The summed E-state index contributed by atoms with van der Waals surface area (Å²) in [5, 5.41) is 0. The maximum atomic E-state index is 14.0. The van der Waals surface area contributed by atoms with Crippen LogP contribution in [0, 0.1) is 0 Å². The van der Waals surface area contributed by atoms with Gasteiger partial charge in [0.05, 0.1) is 37.0 Å². The fourth-order valence-corrected chi connectivity index (χ4v) is 4.66. The van der Waals surface area contributed by atoms with E-state index in [-0.39, 0.29) is 35.8 Å². The van der Waals surface area contributed by atoms with E-state index < -0.39 is 35.4 Å². The molecule has 258 valence electrons. The summed E-state index contributed by atoms with van der Waals surface area (Å²) in [6.45, 7) is 5.94. The summed E-state index contributed by atoms with van der Waals surface area (Å²) in [5.74, 6) is -2.71. The second-order valence-corrected chi connectivity index (χ2v) is 10.9. The van der Waals surface area contributed by atoms with Crippen LogP contribution in [0.5, 0.6) is 23.0 Å². The van der Waals surface area contributed by atoms with Crippen LogP contribution in [-0.2, 0) is 22.1 Å². The highest BCUT2D eigenvalue weighted by Crippen LogP contribution is 2.38. The van der Waals surface area contributed by atoms with E-state index >= 15 is 0 Å². The Kier molecular flexibility index (Phi) is 15.0. The Balaban J connectivity index is 1.61. The molecular weight excluding hydrogens is 629 g/mol. The number of carbonyl (C=O) groups excluding carboxylic acids is 3. The average molecular weight is 671 g/mol. The lowest BCUT2D eigenvalue weighted by atomic mass is 10.0. The first-order valence-corrected chi connectivity index (χ1v) is 15.9. The number of halogens is 3. The molecule has 11 heteroatoms. The third-order valence-electron chi connectivity index (χ3n) is 7.28. The molecule has 0 radical (unpaired) electrons. The second-order valence-electron chi connectivity index (χ2n) is 10.9. The largest absolute Gasteiger partial charge is 0.493 e. The lowest BCUT2D eigenvalue weighted by Crippen LogP contribution is -2.16. The fraction of sp³-hybridized carbons (Fsp3) is 0.378. The predicted molar refractivity (Wildman–Crippen MR) is 174 cm³/mol. The summed E-state index contributed by atoms with van der Waals surface area (Å²) in [4.78, 5) is 36.7. The molecule has 3 aromatic rings. The number of ether oxygens (including phenoxy) is 5. The maximum absolute atomic E-state index is 14.0. The minimum atomic E-state index is -4.94. The van der Waals surface area contributed by atoms with Gasteiger partial charge in [-0.3, -0.25) is 0 Å². The first kappa shape index (κ1) is 37.7. The van der Waals surface area contributed by atoms with Gasteiger partial charge in [-0.2, -0.15) is 13.2 Å². The van der Waals surface area contributed by atoms with E-state index in [4.69, 9.17) is 23.7 Å². The maximum Gasteiger partial charge on any atom is 0.420 e. The zero-order valence-corrected chi connectivity index (χ0v) is 27.2.